The summed E-state index contributed by atoms with van der Waals surface area (Å²) in [5.41, 5.74) is 0.269. The summed E-state index contributed by atoms with van der Waals surface area (Å²) in [4.78, 5) is 35.0. The number of hydrogen-bond donors (Lipinski definition) is 2. The molecule has 0 bridgehead atoms. The maximum absolute atomic E-state index is 12.7. The van der Waals surface area contributed by atoms with Crippen molar-refractivity contribution in [1.82, 2.24) is 14.9 Å². The molecule has 8 nitrogen and oxygen atoms in total. The molecule has 2 N–H and O–H groups in total. The van der Waals surface area contributed by atoms with Crippen molar-refractivity contribution in [2.45, 2.75) is 33.4 Å². The lowest BCUT2D eigenvalue weighted by molar-refractivity contribution is 0.0602. The molecule has 0 aliphatic carbocycles. The first-order valence-electron chi connectivity index (χ1n) is 10.6. The number of hydrogen-bond acceptors (Lipinski definition) is 8. The van der Waals surface area contributed by atoms with Crippen LogP contribution in [0, 0.1) is 12.8 Å². The molecule has 0 aliphatic rings. The Morgan fingerprint density at radius 2 is 1.97 bits per heavy atom. The van der Waals surface area contributed by atoms with Gasteiger partial charge in [-0.1, -0.05) is 25.4 Å². The number of esters is 1. The van der Waals surface area contributed by atoms with Gasteiger partial charge in [-0.05, 0) is 42.7 Å². The molecular weight excluding hydrogens is 466 g/mol. The van der Waals surface area contributed by atoms with Crippen LogP contribution in [0.15, 0.2) is 29.1 Å². The van der Waals surface area contributed by atoms with Crippen LogP contribution in [0.4, 0.5) is 0 Å². The number of fused-ring (bicyclic) bond motifs is 1. The Hall–Kier alpha value is -2.46. The van der Waals surface area contributed by atoms with Crippen LogP contribution < -0.4 is 10.3 Å². The molecule has 3 aromatic rings. The number of nitrogens with zero attached hydrogens (tertiary/aromatic N) is 2. The Morgan fingerprint density at radius 3 is 2.61 bits per heavy atom. The highest BCUT2D eigenvalue weighted by Gasteiger charge is 2.21. The average Bonchev–Trinajstić information content (AvgIpc) is 3.09. The Labute approximate surface area is 201 Å². The second-order valence-corrected chi connectivity index (χ2v) is 9.68. The lowest BCUT2D eigenvalue weighted by Gasteiger charge is -2.26. The molecular formula is C23H28ClN3O5S. The number of aromatic nitrogens is 2. The summed E-state index contributed by atoms with van der Waals surface area (Å²) in [5.74, 6) is 0.942. The van der Waals surface area contributed by atoms with E-state index in [2.05, 4.69) is 23.8 Å². The van der Waals surface area contributed by atoms with Crippen molar-refractivity contribution in [3.63, 3.8) is 0 Å². The average molecular weight is 494 g/mol. The molecule has 0 fully saturated rings. The molecule has 0 aliphatic heterocycles. The number of benzene rings is 1. The van der Waals surface area contributed by atoms with Gasteiger partial charge in [0.15, 0.2) is 0 Å². The van der Waals surface area contributed by atoms with E-state index < -0.39 is 12.1 Å². The molecule has 1 atom stereocenters. The first-order valence-corrected chi connectivity index (χ1v) is 11.8. The molecule has 2 aromatic heterocycles. The van der Waals surface area contributed by atoms with Crippen LogP contribution in [0.5, 0.6) is 5.75 Å². The van der Waals surface area contributed by atoms with E-state index in [4.69, 9.17) is 21.1 Å². The van der Waals surface area contributed by atoms with Gasteiger partial charge in [-0.25, -0.2) is 9.78 Å². The second-order valence-electron chi connectivity index (χ2n) is 8.25. The molecule has 3 rings (SSSR count). The van der Waals surface area contributed by atoms with E-state index in [1.807, 2.05) is 4.90 Å². The fourth-order valence-electron chi connectivity index (χ4n) is 3.56. The van der Waals surface area contributed by atoms with Crippen LogP contribution in [0.2, 0.25) is 5.02 Å². The molecule has 10 heteroatoms. The predicted molar refractivity (Wildman–Crippen MR) is 129 cm³/mol. The minimum atomic E-state index is -0.746. The topological polar surface area (TPSA) is 105 Å². The number of aliphatic hydroxyl groups excluding tert-OH is 1. The Kier molecular flexibility index (Phi) is 8.47. The van der Waals surface area contributed by atoms with Crippen LogP contribution in [-0.2, 0) is 11.3 Å². The first kappa shape index (κ1) is 25.2. The summed E-state index contributed by atoms with van der Waals surface area (Å²) < 4.78 is 10.5. The highest BCUT2D eigenvalue weighted by atomic mass is 35.5. The molecule has 2 heterocycles. The van der Waals surface area contributed by atoms with Gasteiger partial charge >= 0.3 is 5.97 Å². The van der Waals surface area contributed by atoms with Crippen LogP contribution in [0.3, 0.4) is 0 Å². The summed E-state index contributed by atoms with van der Waals surface area (Å²) in [6.45, 7) is 7.35. The number of rotatable bonds is 10. The van der Waals surface area contributed by atoms with Crippen LogP contribution in [0.1, 0.15) is 34.9 Å². The largest absolute Gasteiger partial charge is 0.491 e. The Balaban J connectivity index is 1.74. The van der Waals surface area contributed by atoms with Crippen molar-refractivity contribution in [3.8, 4) is 5.75 Å². The zero-order valence-corrected chi connectivity index (χ0v) is 20.6. The number of carbonyl (C=O) groups excluding carboxylic acids is 1. The van der Waals surface area contributed by atoms with Gasteiger partial charge in [0.1, 0.15) is 34.0 Å². The predicted octanol–water partition coefficient (Wildman–Crippen LogP) is 3.63. The van der Waals surface area contributed by atoms with Gasteiger partial charge in [-0.15, -0.1) is 11.3 Å². The quantitative estimate of drug-likeness (QED) is 0.415. The SMILES string of the molecule is COC(=O)c1sc2nc(CN(CC(C)C)CC(O)COc3ccc(Cl)cc3)[nH]c(=O)c2c1C. The molecule has 178 valence electrons. The van der Waals surface area contributed by atoms with Crippen LogP contribution in [-0.4, -0.2) is 58.9 Å². The highest BCUT2D eigenvalue weighted by molar-refractivity contribution is 7.20. The van der Waals surface area contributed by atoms with Crippen LogP contribution >= 0.6 is 22.9 Å². The third kappa shape index (κ3) is 6.54. The Morgan fingerprint density at radius 1 is 1.27 bits per heavy atom. The van der Waals surface area contributed by atoms with E-state index in [1.165, 1.54) is 7.11 Å². The molecule has 33 heavy (non-hydrogen) atoms. The second kappa shape index (κ2) is 11.1. The molecule has 1 unspecified atom stereocenters. The number of ether oxygens (including phenoxy) is 2. The maximum Gasteiger partial charge on any atom is 0.348 e. The van der Waals surface area contributed by atoms with E-state index in [-0.39, 0.29) is 12.2 Å². The van der Waals surface area contributed by atoms with Gasteiger partial charge in [0.25, 0.3) is 5.56 Å². The maximum atomic E-state index is 12.7. The van der Waals surface area contributed by atoms with Crippen molar-refractivity contribution in [2.24, 2.45) is 5.92 Å². The number of carbonyl (C=O) groups is 1. The first-order chi connectivity index (χ1) is 15.7. The standard InChI is InChI=1S/C23H28ClN3O5S/c1-13(2)9-27(10-16(28)12-32-17-7-5-15(24)6-8-17)11-18-25-21(29)19-14(3)20(23(30)31-4)33-22(19)26-18/h5-8,13,16,28H,9-12H2,1-4H3,(H,25,26,29). The number of aliphatic hydroxyl groups is 1. The zero-order chi connectivity index (χ0) is 24.1. The highest BCUT2D eigenvalue weighted by Crippen LogP contribution is 2.27. The van der Waals surface area contributed by atoms with Crippen molar-refractivity contribution in [1.29, 1.82) is 0 Å². The smallest absolute Gasteiger partial charge is 0.348 e. The van der Waals surface area contributed by atoms with Gasteiger partial charge in [0.2, 0.25) is 0 Å². The number of thiophene rings is 1. The van der Waals surface area contributed by atoms with Crippen molar-refractivity contribution in [2.75, 3.05) is 26.8 Å². The number of halogens is 1. The summed E-state index contributed by atoms with van der Waals surface area (Å²) in [6, 6.07) is 6.95. The summed E-state index contributed by atoms with van der Waals surface area (Å²) in [7, 11) is 1.31. The van der Waals surface area contributed by atoms with Crippen molar-refractivity contribution < 1.29 is 19.4 Å². The van der Waals surface area contributed by atoms with Gasteiger partial charge < -0.3 is 19.6 Å². The molecule has 0 saturated carbocycles. The summed E-state index contributed by atoms with van der Waals surface area (Å²) in [5, 5.41) is 11.6. The van der Waals surface area contributed by atoms with E-state index in [0.29, 0.717) is 62.8 Å². The lowest BCUT2D eigenvalue weighted by Crippen LogP contribution is -2.38. The number of aryl methyl sites for hydroxylation is 1. The monoisotopic (exact) mass is 493 g/mol. The molecule has 0 spiro atoms. The van der Waals surface area contributed by atoms with E-state index in [1.54, 1.807) is 31.2 Å². The van der Waals surface area contributed by atoms with Gasteiger partial charge in [-0.2, -0.15) is 0 Å². The number of H-pyrrole nitrogens is 1. The number of nitrogens with one attached hydrogen (secondary N) is 1. The fraction of sp³-hybridized carbons (Fsp3) is 0.435. The van der Waals surface area contributed by atoms with Crippen LogP contribution in [0.25, 0.3) is 10.2 Å². The number of aromatic amines is 1. The van der Waals surface area contributed by atoms with Gasteiger partial charge in [-0.3, -0.25) is 9.69 Å². The summed E-state index contributed by atoms with van der Waals surface area (Å²) >= 11 is 7.03. The van der Waals surface area contributed by atoms with Crippen molar-refractivity contribution >= 4 is 39.1 Å². The number of methoxy groups -OCH3 is 1. The molecule has 0 radical (unpaired) electrons. The van der Waals surface area contributed by atoms with E-state index >= 15 is 0 Å². The molecule has 0 saturated heterocycles. The Bertz CT molecular complexity index is 1160. The van der Waals surface area contributed by atoms with Gasteiger partial charge in [0, 0.05) is 18.1 Å². The fourth-order valence-corrected chi connectivity index (χ4v) is 4.80. The molecule has 0 amide bonds. The third-order valence-electron chi connectivity index (χ3n) is 4.94. The van der Waals surface area contributed by atoms with E-state index in [0.717, 1.165) is 11.3 Å². The lowest BCUT2D eigenvalue weighted by atomic mass is 10.2. The normalized spacial score (nSPS) is 12.5. The minimum absolute atomic E-state index is 0.117. The van der Waals surface area contributed by atoms with E-state index in [9.17, 15) is 14.7 Å². The summed E-state index contributed by atoms with van der Waals surface area (Å²) in [6.07, 6.45) is -0.746. The van der Waals surface area contributed by atoms with Crippen molar-refractivity contribution in [3.05, 3.63) is 55.9 Å². The molecule has 1 aromatic carbocycles. The van der Waals surface area contributed by atoms with Gasteiger partial charge in [0.05, 0.1) is 19.0 Å². The third-order valence-corrected chi connectivity index (χ3v) is 6.36. The zero-order valence-electron chi connectivity index (χ0n) is 19.1. The minimum Gasteiger partial charge on any atom is -0.491 e.